The van der Waals surface area contributed by atoms with E-state index in [-0.39, 0.29) is 18.7 Å². The van der Waals surface area contributed by atoms with Crippen LogP contribution in [0, 0.1) is 29.0 Å². The zero-order chi connectivity index (χ0) is 16.5. The molecule has 23 heavy (non-hydrogen) atoms. The molecule has 1 amide bonds. The molecule has 4 nitrogen and oxygen atoms in total. The van der Waals surface area contributed by atoms with E-state index in [0.717, 1.165) is 5.56 Å². The number of ether oxygens (including phenoxy) is 1. The summed E-state index contributed by atoms with van der Waals surface area (Å²) in [6, 6.07) is 15.1. The van der Waals surface area contributed by atoms with Gasteiger partial charge >= 0.3 is 6.09 Å². The summed E-state index contributed by atoms with van der Waals surface area (Å²) in [6.45, 7) is 0.260. The van der Waals surface area contributed by atoms with Crippen molar-refractivity contribution in [2.75, 3.05) is 6.54 Å². The molecule has 0 aromatic heterocycles. The first-order chi connectivity index (χ1) is 11.2. The van der Waals surface area contributed by atoms with E-state index in [1.165, 1.54) is 12.1 Å². The molecule has 0 saturated heterocycles. The zero-order valence-corrected chi connectivity index (χ0v) is 12.2. The number of carbonyl (C=O) groups excluding carboxylic acids is 1. The minimum atomic E-state index is -0.616. The quantitative estimate of drug-likeness (QED) is 0.887. The standard InChI is InChI=1S/C18H13FN2O2/c19-17-11-14(8-9-16(17)12-20)7-4-10-21-18(22)23-13-15-5-2-1-3-6-15/h1-3,5-6,8-9,11H,10,13H2,(H,21,22). The summed E-state index contributed by atoms with van der Waals surface area (Å²) < 4.78 is 18.4. The number of halogens is 1. The molecule has 0 aliphatic heterocycles. The molecule has 0 spiro atoms. The number of rotatable bonds is 3. The van der Waals surface area contributed by atoms with Crippen molar-refractivity contribution < 1.29 is 13.9 Å². The first-order valence-corrected chi connectivity index (χ1v) is 6.82. The largest absolute Gasteiger partial charge is 0.445 e. The summed E-state index contributed by atoms with van der Waals surface area (Å²) in [5.41, 5.74) is 1.29. The van der Waals surface area contributed by atoms with Gasteiger partial charge < -0.3 is 10.1 Å². The van der Waals surface area contributed by atoms with Gasteiger partial charge in [0.25, 0.3) is 0 Å². The van der Waals surface area contributed by atoms with E-state index < -0.39 is 11.9 Å². The summed E-state index contributed by atoms with van der Waals surface area (Å²) in [7, 11) is 0. The fourth-order valence-electron chi connectivity index (χ4n) is 1.72. The lowest BCUT2D eigenvalue weighted by Gasteiger charge is -2.04. The Bertz CT molecular complexity index is 786. The van der Waals surface area contributed by atoms with E-state index in [0.29, 0.717) is 5.56 Å². The van der Waals surface area contributed by atoms with Gasteiger partial charge in [-0.2, -0.15) is 5.26 Å². The molecule has 0 unspecified atom stereocenters. The monoisotopic (exact) mass is 308 g/mol. The molecule has 1 N–H and O–H groups in total. The first kappa shape index (κ1) is 16.1. The first-order valence-electron chi connectivity index (χ1n) is 6.82. The lowest BCUT2D eigenvalue weighted by molar-refractivity contribution is 0.141. The van der Waals surface area contributed by atoms with Gasteiger partial charge in [-0.25, -0.2) is 9.18 Å². The second kappa shape index (κ2) is 8.21. The van der Waals surface area contributed by atoms with Gasteiger partial charge in [-0.05, 0) is 23.8 Å². The molecule has 114 valence electrons. The number of nitrogens with one attached hydrogen (secondary N) is 1. The molecule has 0 bridgehead atoms. The second-order valence-electron chi connectivity index (χ2n) is 4.52. The number of amides is 1. The van der Waals surface area contributed by atoms with Gasteiger partial charge in [-0.3, -0.25) is 0 Å². The number of nitriles is 1. The van der Waals surface area contributed by atoms with Gasteiger partial charge in [-0.1, -0.05) is 42.2 Å². The SMILES string of the molecule is N#Cc1ccc(C#CCNC(=O)OCc2ccccc2)cc1F. The highest BCUT2D eigenvalue weighted by Crippen LogP contribution is 2.08. The van der Waals surface area contributed by atoms with E-state index >= 15 is 0 Å². The third-order valence-electron chi connectivity index (χ3n) is 2.86. The van der Waals surface area contributed by atoms with Crippen molar-refractivity contribution in [1.29, 1.82) is 5.26 Å². The zero-order valence-electron chi connectivity index (χ0n) is 12.2. The Kier molecular flexibility index (Phi) is 5.74. The molecule has 0 radical (unpaired) electrons. The van der Waals surface area contributed by atoms with Crippen molar-refractivity contribution in [3.63, 3.8) is 0 Å². The molecule has 0 saturated carbocycles. The molecular weight excluding hydrogens is 295 g/mol. The third kappa shape index (κ3) is 5.18. The maximum absolute atomic E-state index is 13.4. The molecule has 5 heteroatoms. The van der Waals surface area contributed by atoms with Crippen LogP contribution in [0.1, 0.15) is 16.7 Å². The molecular formula is C18H13FN2O2. The summed E-state index contributed by atoms with van der Waals surface area (Å²) in [5.74, 6) is 4.76. The maximum Gasteiger partial charge on any atom is 0.408 e. The lowest BCUT2D eigenvalue weighted by Crippen LogP contribution is -2.24. The number of alkyl carbamates (subject to hydrolysis) is 1. The van der Waals surface area contributed by atoms with E-state index in [1.807, 2.05) is 30.3 Å². The van der Waals surface area contributed by atoms with Crippen LogP contribution in [-0.2, 0) is 11.3 Å². The highest BCUT2D eigenvalue weighted by atomic mass is 19.1. The fraction of sp³-hybridized carbons (Fsp3) is 0.111. The van der Waals surface area contributed by atoms with Crippen LogP contribution in [0.2, 0.25) is 0 Å². The Hall–Kier alpha value is -3.31. The van der Waals surface area contributed by atoms with Crippen LogP contribution in [0.4, 0.5) is 9.18 Å². The van der Waals surface area contributed by atoms with Crippen LogP contribution in [-0.4, -0.2) is 12.6 Å². The van der Waals surface area contributed by atoms with E-state index in [1.54, 1.807) is 12.1 Å². The highest BCUT2D eigenvalue weighted by molar-refractivity contribution is 5.67. The molecule has 0 heterocycles. The molecule has 2 rings (SSSR count). The van der Waals surface area contributed by atoms with Crippen LogP contribution in [0.15, 0.2) is 48.5 Å². The molecule has 0 aliphatic carbocycles. The average Bonchev–Trinajstić information content (AvgIpc) is 2.58. The van der Waals surface area contributed by atoms with Crippen LogP contribution in [0.5, 0.6) is 0 Å². The minimum absolute atomic E-state index is 0.0295. The maximum atomic E-state index is 13.4. The normalized spacial score (nSPS) is 9.22. The predicted molar refractivity (Wildman–Crippen MR) is 82.6 cm³/mol. The molecule has 0 aliphatic rings. The van der Waals surface area contributed by atoms with Gasteiger partial charge in [0.15, 0.2) is 0 Å². The van der Waals surface area contributed by atoms with Gasteiger partial charge in [0, 0.05) is 5.56 Å². The van der Waals surface area contributed by atoms with E-state index in [4.69, 9.17) is 10.00 Å². The third-order valence-corrected chi connectivity index (χ3v) is 2.86. The molecule has 2 aromatic carbocycles. The Balaban J connectivity index is 1.78. The summed E-state index contributed by atoms with van der Waals surface area (Å²) >= 11 is 0. The van der Waals surface area contributed by atoms with E-state index in [2.05, 4.69) is 17.2 Å². The number of hydrogen-bond donors (Lipinski definition) is 1. The molecule has 2 aromatic rings. The Morgan fingerprint density at radius 1 is 1.22 bits per heavy atom. The minimum Gasteiger partial charge on any atom is -0.445 e. The Morgan fingerprint density at radius 2 is 2.00 bits per heavy atom. The van der Waals surface area contributed by atoms with Crippen LogP contribution in [0.25, 0.3) is 0 Å². The number of hydrogen-bond acceptors (Lipinski definition) is 3. The van der Waals surface area contributed by atoms with Crippen LogP contribution >= 0.6 is 0 Å². The molecule has 0 atom stereocenters. The van der Waals surface area contributed by atoms with Crippen molar-refractivity contribution in [3.8, 4) is 17.9 Å². The van der Waals surface area contributed by atoms with Crippen molar-refractivity contribution in [1.82, 2.24) is 5.32 Å². The fourth-order valence-corrected chi connectivity index (χ4v) is 1.72. The van der Waals surface area contributed by atoms with Crippen molar-refractivity contribution in [2.45, 2.75) is 6.61 Å². The Morgan fingerprint density at radius 3 is 2.70 bits per heavy atom. The highest BCUT2D eigenvalue weighted by Gasteiger charge is 2.01. The van der Waals surface area contributed by atoms with Crippen molar-refractivity contribution in [2.24, 2.45) is 0 Å². The number of carbonyl (C=O) groups is 1. The van der Waals surface area contributed by atoms with Crippen LogP contribution < -0.4 is 5.32 Å². The van der Waals surface area contributed by atoms with Gasteiger partial charge in [0.2, 0.25) is 0 Å². The summed E-state index contributed by atoms with van der Waals surface area (Å²) in [5, 5.41) is 11.1. The summed E-state index contributed by atoms with van der Waals surface area (Å²) in [6.07, 6.45) is -0.575. The van der Waals surface area contributed by atoms with Crippen molar-refractivity contribution in [3.05, 3.63) is 71.0 Å². The lowest BCUT2D eigenvalue weighted by atomic mass is 10.1. The summed E-state index contributed by atoms with van der Waals surface area (Å²) in [4.78, 5) is 11.5. The van der Waals surface area contributed by atoms with Gasteiger partial charge in [-0.15, -0.1) is 0 Å². The van der Waals surface area contributed by atoms with Gasteiger partial charge in [0.1, 0.15) is 18.5 Å². The van der Waals surface area contributed by atoms with Crippen molar-refractivity contribution >= 4 is 6.09 Å². The topological polar surface area (TPSA) is 62.1 Å². The average molecular weight is 308 g/mol. The Labute approximate surface area is 133 Å². The van der Waals surface area contributed by atoms with Gasteiger partial charge in [0.05, 0.1) is 12.1 Å². The van der Waals surface area contributed by atoms with Crippen LogP contribution in [0.3, 0.4) is 0 Å². The molecule has 0 fully saturated rings. The smallest absolute Gasteiger partial charge is 0.408 e. The van der Waals surface area contributed by atoms with E-state index in [9.17, 15) is 9.18 Å². The number of benzene rings is 2. The second-order valence-corrected chi connectivity index (χ2v) is 4.52. The number of nitrogens with zero attached hydrogens (tertiary/aromatic N) is 1. The predicted octanol–water partition coefficient (Wildman–Crippen LogP) is 2.98.